The third kappa shape index (κ3) is 3.35. The van der Waals surface area contributed by atoms with Gasteiger partial charge in [0.15, 0.2) is 0 Å². The van der Waals surface area contributed by atoms with Crippen LogP contribution in [0.25, 0.3) is 11.0 Å². The molecule has 134 valence electrons. The molecule has 3 rings (SSSR count). The Morgan fingerprint density at radius 3 is 2.69 bits per heavy atom. The van der Waals surface area contributed by atoms with Gasteiger partial charge in [-0.25, -0.2) is 0 Å². The number of furan rings is 1. The van der Waals surface area contributed by atoms with Gasteiger partial charge in [0.25, 0.3) is 5.91 Å². The highest BCUT2D eigenvalue weighted by atomic mass is 16.6. The second kappa shape index (κ2) is 6.85. The van der Waals surface area contributed by atoms with Crippen LogP contribution in [0, 0.1) is 10.1 Å². The van der Waals surface area contributed by atoms with Crippen LogP contribution in [0.5, 0.6) is 11.5 Å². The standard InChI is InChI=1S/C18H16N2O6/c1-19(2)18(22)11-4-3-5-13(6-11)25-17-8-12-7-14(10-21)26-16(12)9-15(17)20(23)24/h3-9,21H,10H2,1-2H3. The fraction of sp³-hybridized carbons (Fsp3) is 0.167. The fourth-order valence-corrected chi connectivity index (χ4v) is 2.49. The lowest BCUT2D eigenvalue weighted by molar-refractivity contribution is -0.385. The van der Waals surface area contributed by atoms with Gasteiger partial charge in [0.05, 0.1) is 11.0 Å². The summed E-state index contributed by atoms with van der Waals surface area (Å²) in [5.41, 5.74) is 0.410. The van der Waals surface area contributed by atoms with Crippen LogP contribution in [-0.2, 0) is 6.61 Å². The first-order valence-electron chi connectivity index (χ1n) is 7.70. The Balaban J connectivity index is 2.02. The number of aliphatic hydroxyl groups is 1. The van der Waals surface area contributed by atoms with E-state index in [9.17, 15) is 14.9 Å². The topological polar surface area (TPSA) is 106 Å². The van der Waals surface area contributed by atoms with Gasteiger partial charge in [-0.2, -0.15) is 0 Å². The average molecular weight is 356 g/mol. The highest BCUT2D eigenvalue weighted by Crippen LogP contribution is 2.36. The highest BCUT2D eigenvalue weighted by Gasteiger charge is 2.20. The number of carbonyl (C=O) groups is 1. The molecule has 3 aromatic rings. The number of rotatable bonds is 5. The molecular formula is C18H16N2O6. The maximum absolute atomic E-state index is 12.1. The molecule has 0 bridgehead atoms. The minimum absolute atomic E-state index is 0.0160. The summed E-state index contributed by atoms with van der Waals surface area (Å²) in [6.07, 6.45) is 0. The van der Waals surface area contributed by atoms with Crippen LogP contribution < -0.4 is 4.74 Å². The molecule has 0 radical (unpaired) electrons. The number of nitro groups is 1. The maximum Gasteiger partial charge on any atom is 0.315 e. The second-order valence-corrected chi connectivity index (χ2v) is 5.82. The smallest absolute Gasteiger partial charge is 0.315 e. The lowest BCUT2D eigenvalue weighted by Gasteiger charge is -2.12. The van der Waals surface area contributed by atoms with Crippen molar-refractivity contribution in [1.82, 2.24) is 4.90 Å². The number of fused-ring (bicyclic) bond motifs is 1. The van der Waals surface area contributed by atoms with Gasteiger partial charge < -0.3 is 19.2 Å². The number of hydrogen-bond acceptors (Lipinski definition) is 6. The van der Waals surface area contributed by atoms with E-state index < -0.39 is 4.92 Å². The van der Waals surface area contributed by atoms with Gasteiger partial charge in [0, 0.05) is 25.0 Å². The third-order valence-corrected chi connectivity index (χ3v) is 3.72. The Hall–Kier alpha value is -3.39. The van der Waals surface area contributed by atoms with E-state index in [4.69, 9.17) is 14.3 Å². The summed E-state index contributed by atoms with van der Waals surface area (Å²) in [7, 11) is 3.26. The molecule has 8 nitrogen and oxygen atoms in total. The van der Waals surface area contributed by atoms with Crippen molar-refractivity contribution >= 4 is 22.6 Å². The van der Waals surface area contributed by atoms with Crippen molar-refractivity contribution in [2.45, 2.75) is 6.61 Å². The maximum atomic E-state index is 12.1. The summed E-state index contributed by atoms with van der Waals surface area (Å²) in [5, 5.41) is 21.1. The van der Waals surface area contributed by atoms with Crippen molar-refractivity contribution in [3.8, 4) is 11.5 Å². The number of nitrogens with zero attached hydrogens (tertiary/aromatic N) is 2. The number of benzene rings is 2. The highest BCUT2D eigenvalue weighted by molar-refractivity contribution is 5.94. The first-order valence-corrected chi connectivity index (χ1v) is 7.70. The quantitative estimate of drug-likeness (QED) is 0.555. The minimum Gasteiger partial charge on any atom is -0.458 e. The predicted octanol–water partition coefficient (Wildman–Crippen LogP) is 3.33. The zero-order valence-electron chi connectivity index (χ0n) is 14.1. The predicted molar refractivity (Wildman–Crippen MR) is 93.3 cm³/mol. The van der Waals surface area contributed by atoms with Gasteiger partial charge in [-0.3, -0.25) is 14.9 Å². The van der Waals surface area contributed by atoms with Crippen LogP contribution in [-0.4, -0.2) is 34.9 Å². The second-order valence-electron chi connectivity index (χ2n) is 5.82. The van der Waals surface area contributed by atoms with Gasteiger partial charge in [-0.15, -0.1) is 0 Å². The van der Waals surface area contributed by atoms with Crippen LogP contribution in [0.4, 0.5) is 5.69 Å². The van der Waals surface area contributed by atoms with Gasteiger partial charge in [0.1, 0.15) is 23.7 Å². The molecule has 0 fully saturated rings. The average Bonchev–Trinajstić information content (AvgIpc) is 3.02. The molecule has 0 atom stereocenters. The number of carbonyl (C=O) groups excluding carboxylic acids is 1. The molecule has 0 unspecified atom stereocenters. The molecule has 1 N–H and O–H groups in total. The number of nitro benzene ring substituents is 1. The molecular weight excluding hydrogens is 340 g/mol. The largest absolute Gasteiger partial charge is 0.458 e. The Morgan fingerprint density at radius 2 is 2.04 bits per heavy atom. The molecule has 1 heterocycles. The summed E-state index contributed by atoms with van der Waals surface area (Å²) >= 11 is 0. The Bertz CT molecular complexity index is 993. The third-order valence-electron chi connectivity index (χ3n) is 3.72. The Morgan fingerprint density at radius 1 is 1.27 bits per heavy atom. The molecule has 0 saturated heterocycles. The summed E-state index contributed by atoms with van der Waals surface area (Å²) in [4.78, 5) is 24.3. The molecule has 2 aromatic carbocycles. The van der Waals surface area contributed by atoms with E-state index in [-0.39, 0.29) is 29.5 Å². The van der Waals surface area contributed by atoms with E-state index in [1.807, 2.05) is 0 Å². The molecule has 0 aliphatic carbocycles. The molecule has 26 heavy (non-hydrogen) atoms. The fourth-order valence-electron chi connectivity index (χ4n) is 2.49. The molecule has 0 aliphatic rings. The number of amides is 1. The molecule has 0 spiro atoms. The first kappa shape index (κ1) is 17.4. The zero-order valence-corrected chi connectivity index (χ0v) is 14.1. The molecule has 0 saturated carbocycles. The summed E-state index contributed by atoms with van der Waals surface area (Å²) in [6, 6.07) is 10.7. The van der Waals surface area contributed by atoms with Crippen LogP contribution in [0.15, 0.2) is 46.9 Å². The molecule has 1 amide bonds. The van der Waals surface area contributed by atoms with Gasteiger partial charge in [-0.05, 0) is 30.3 Å². The van der Waals surface area contributed by atoms with Crippen molar-refractivity contribution in [3.05, 3.63) is 63.9 Å². The Kier molecular flexibility index (Phi) is 4.59. The van der Waals surface area contributed by atoms with Crippen molar-refractivity contribution in [3.63, 3.8) is 0 Å². The van der Waals surface area contributed by atoms with Crippen molar-refractivity contribution in [1.29, 1.82) is 0 Å². The van der Waals surface area contributed by atoms with E-state index >= 15 is 0 Å². The minimum atomic E-state index is -0.579. The van der Waals surface area contributed by atoms with Crippen LogP contribution in [0.2, 0.25) is 0 Å². The normalized spacial score (nSPS) is 10.7. The number of ether oxygens (including phenoxy) is 1. The monoisotopic (exact) mass is 356 g/mol. The molecule has 0 aliphatic heterocycles. The lowest BCUT2D eigenvalue weighted by Crippen LogP contribution is -2.21. The van der Waals surface area contributed by atoms with Crippen LogP contribution in [0.1, 0.15) is 16.1 Å². The summed E-state index contributed by atoms with van der Waals surface area (Å²) in [5.74, 6) is 0.404. The van der Waals surface area contributed by atoms with Gasteiger partial charge in [0.2, 0.25) is 5.75 Å². The van der Waals surface area contributed by atoms with Crippen LogP contribution in [0.3, 0.4) is 0 Å². The molecule has 1 aromatic heterocycles. The van der Waals surface area contributed by atoms with E-state index in [0.717, 1.165) is 0 Å². The van der Waals surface area contributed by atoms with Crippen molar-refractivity contribution < 1.29 is 24.0 Å². The van der Waals surface area contributed by atoms with E-state index in [0.29, 0.717) is 22.5 Å². The van der Waals surface area contributed by atoms with Crippen LogP contribution >= 0.6 is 0 Å². The van der Waals surface area contributed by atoms with Crippen molar-refractivity contribution in [2.24, 2.45) is 0 Å². The number of hydrogen-bond donors (Lipinski definition) is 1. The SMILES string of the molecule is CN(C)C(=O)c1cccc(Oc2cc3cc(CO)oc3cc2[N+](=O)[O-])c1. The van der Waals surface area contributed by atoms with E-state index in [1.165, 1.54) is 23.1 Å². The van der Waals surface area contributed by atoms with Gasteiger partial charge >= 0.3 is 5.69 Å². The Labute approximate surface area is 148 Å². The van der Waals surface area contributed by atoms with Crippen molar-refractivity contribution in [2.75, 3.05) is 14.1 Å². The zero-order chi connectivity index (χ0) is 18.8. The summed E-state index contributed by atoms with van der Waals surface area (Å²) < 4.78 is 11.0. The molecule has 8 heteroatoms. The van der Waals surface area contributed by atoms with E-state index in [2.05, 4.69) is 0 Å². The lowest BCUT2D eigenvalue weighted by atomic mass is 10.2. The summed E-state index contributed by atoms with van der Waals surface area (Å²) in [6.45, 7) is -0.312. The van der Waals surface area contributed by atoms with E-state index in [1.54, 1.807) is 38.4 Å². The first-order chi connectivity index (χ1) is 12.4. The van der Waals surface area contributed by atoms with Gasteiger partial charge in [-0.1, -0.05) is 6.07 Å². The number of aliphatic hydroxyl groups excluding tert-OH is 1.